The molecule has 57 heavy (non-hydrogen) atoms. The number of thioether (sulfide) groups is 1. The maximum atomic E-state index is 13.9. The van der Waals surface area contributed by atoms with Gasteiger partial charge in [-0.1, -0.05) is 21.6 Å². The van der Waals surface area contributed by atoms with E-state index in [4.69, 9.17) is 26.0 Å². The van der Waals surface area contributed by atoms with Crippen LogP contribution in [0.1, 0.15) is 39.5 Å². The molecule has 0 saturated carbocycles. The zero-order chi connectivity index (χ0) is 41.6. The first-order valence-electron chi connectivity index (χ1n) is 18.2. The van der Waals surface area contributed by atoms with Crippen molar-refractivity contribution < 1.29 is 52.9 Å². The number of piperazine rings is 1. The number of carbonyl (C=O) groups excluding carboxylic acids is 7. The monoisotopic (exact) mass is 853 g/mol. The number of primary amides is 1. The molecule has 6 atom stereocenters. The molecule has 0 aromatic heterocycles. The van der Waals surface area contributed by atoms with Gasteiger partial charge in [0.2, 0.25) is 35.2 Å². The van der Waals surface area contributed by atoms with E-state index in [0.29, 0.717) is 42.4 Å². The molecule has 0 spiro atoms. The molecule has 20 nitrogen and oxygen atoms in total. The van der Waals surface area contributed by atoms with Crippen molar-refractivity contribution in [3.63, 3.8) is 0 Å². The van der Waals surface area contributed by atoms with Crippen molar-refractivity contribution in [2.75, 3.05) is 57.2 Å². The topological polar surface area (TPSA) is 304 Å². The lowest BCUT2D eigenvalue weighted by Crippen LogP contribution is -2.55. The van der Waals surface area contributed by atoms with Crippen molar-refractivity contribution in [2.45, 2.75) is 68.6 Å². The van der Waals surface area contributed by atoms with Gasteiger partial charge in [-0.2, -0.15) is 5.10 Å². The van der Waals surface area contributed by atoms with Gasteiger partial charge in [-0.05, 0) is 20.3 Å². The number of nitrogens with zero attached hydrogens (tertiary/aromatic N) is 3. The van der Waals surface area contributed by atoms with Crippen LogP contribution >= 0.6 is 33.3 Å². The number of methoxy groups -OCH3 is 1. The van der Waals surface area contributed by atoms with Gasteiger partial charge in [0.05, 0.1) is 28.6 Å². The Labute approximate surface area is 340 Å². The third-order valence-electron chi connectivity index (χ3n) is 10.2. The van der Waals surface area contributed by atoms with E-state index in [0.717, 1.165) is 16.7 Å². The summed E-state index contributed by atoms with van der Waals surface area (Å²) in [6.07, 6.45) is -0.822. The Balaban J connectivity index is 0.947. The van der Waals surface area contributed by atoms with Gasteiger partial charge in [-0.15, -0.1) is 11.8 Å². The number of likely N-dealkylation sites (tertiary alicyclic amines) is 1. The van der Waals surface area contributed by atoms with E-state index < -0.39 is 52.7 Å². The first kappa shape index (κ1) is 44.0. The minimum absolute atomic E-state index is 0.0258. The molecule has 23 heteroatoms. The quantitative estimate of drug-likeness (QED) is 0.0123. The Bertz CT molecular complexity index is 1790. The van der Waals surface area contributed by atoms with E-state index in [1.54, 1.807) is 13.8 Å². The molecule has 3 fully saturated rings. The number of amides is 5. The predicted molar refractivity (Wildman–Crippen MR) is 210 cm³/mol. The summed E-state index contributed by atoms with van der Waals surface area (Å²) in [4.78, 5) is 102. The zero-order valence-electron chi connectivity index (χ0n) is 31.6. The number of carboxylic acid groups (broad SMARTS) is 1. The average molecular weight is 854 g/mol. The number of ketones is 2. The van der Waals surface area contributed by atoms with Crippen molar-refractivity contribution in [2.24, 2.45) is 22.5 Å². The molecule has 4 unspecified atom stereocenters. The number of nitrogens with two attached hydrogens (primary N) is 2. The number of carboxylic acids is 1. The number of aliphatic carboxylic acids is 1. The van der Waals surface area contributed by atoms with Gasteiger partial charge in [0, 0.05) is 92.7 Å². The standard InChI is InChI=1S/C34H47N9O11S3/c1-16(40-41-23(45)6-9-42-24(46)12-21(31(42)49)55-15-19(35)32(50)51)4-5-22(44)37-7-10-56-57-11-8-38-26-17(2)28(47)27-25(29(26)48)18(14-54-33(36)52)34(53-3)30-20(39-30)13-43(27)34/h18-21,30,38-39H,4-15,35H2,1-3H3,(H2,36,52)(H,37,44)(H,41,45)(H,50,51)/b40-16+/t18?,19-,20?,21?,30?,34-/m1/s1. The minimum atomic E-state index is -1.20. The fourth-order valence-corrected chi connectivity index (χ4v) is 10.2. The number of Topliss-reactive ketones (excluding diaryl/α,β-unsaturated/α-hetero) is 2. The molecule has 3 saturated heterocycles. The number of rotatable bonds is 22. The summed E-state index contributed by atoms with van der Waals surface area (Å²) >= 11 is 0.999. The molecule has 0 aromatic carbocycles. The predicted octanol–water partition coefficient (Wildman–Crippen LogP) is -1.59. The van der Waals surface area contributed by atoms with E-state index in [1.165, 1.54) is 28.7 Å². The Morgan fingerprint density at radius 2 is 1.79 bits per heavy atom. The second-order valence-electron chi connectivity index (χ2n) is 13.8. The molecular formula is C34H47N9O11S3. The van der Waals surface area contributed by atoms with E-state index in [-0.39, 0.29) is 91.1 Å². The van der Waals surface area contributed by atoms with Crippen LogP contribution in [0.2, 0.25) is 0 Å². The molecule has 0 aromatic rings. The Morgan fingerprint density at radius 3 is 2.47 bits per heavy atom. The van der Waals surface area contributed by atoms with Crippen LogP contribution in [0.15, 0.2) is 27.6 Å². The lowest BCUT2D eigenvalue weighted by atomic mass is 9.82. The largest absolute Gasteiger partial charge is 0.480 e. The van der Waals surface area contributed by atoms with Crippen LogP contribution in [0.3, 0.4) is 0 Å². The molecule has 312 valence electrons. The van der Waals surface area contributed by atoms with Gasteiger partial charge in [0.25, 0.3) is 0 Å². The highest BCUT2D eigenvalue weighted by atomic mass is 33.1. The van der Waals surface area contributed by atoms with E-state index >= 15 is 0 Å². The van der Waals surface area contributed by atoms with Gasteiger partial charge in [-0.3, -0.25) is 38.5 Å². The maximum absolute atomic E-state index is 13.9. The van der Waals surface area contributed by atoms with Gasteiger partial charge in [-0.25, -0.2) is 10.2 Å². The van der Waals surface area contributed by atoms with Gasteiger partial charge in [0.1, 0.15) is 12.6 Å². The molecule has 0 bridgehead atoms. The molecule has 1 aliphatic carbocycles. The number of hydrogen-bond donors (Lipinski definition) is 7. The molecule has 4 heterocycles. The summed E-state index contributed by atoms with van der Waals surface area (Å²) in [5, 5.41) is 21.4. The Morgan fingerprint density at radius 1 is 1.07 bits per heavy atom. The number of fused-ring (bicyclic) bond motifs is 4. The van der Waals surface area contributed by atoms with Crippen molar-refractivity contribution in [3.8, 4) is 0 Å². The SMILES string of the molecule is CO[C@@]12C(COC(N)=O)C3=C(C(=O)C(C)=C(NCCSSCCNC(=O)CC/C(C)=N/NC(=O)CCN4C(=O)CC(SC[C@@H](N)C(=O)O)C4=O)C3=O)N1CC1NC12. The summed E-state index contributed by atoms with van der Waals surface area (Å²) in [6.45, 7) is 4.20. The van der Waals surface area contributed by atoms with Gasteiger partial charge < -0.3 is 46.9 Å². The lowest BCUT2D eigenvalue weighted by Gasteiger charge is -2.39. The summed E-state index contributed by atoms with van der Waals surface area (Å²) in [7, 11) is 4.58. The lowest BCUT2D eigenvalue weighted by molar-refractivity contribution is -0.139. The molecule has 5 rings (SSSR count). The first-order valence-corrected chi connectivity index (χ1v) is 21.7. The summed E-state index contributed by atoms with van der Waals surface area (Å²) < 4.78 is 11.1. The number of carbonyl (C=O) groups is 8. The number of hydrogen-bond acceptors (Lipinski definition) is 18. The highest BCUT2D eigenvalue weighted by Crippen LogP contribution is 2.55. The molecule has 5 amide bonds. The number of hydrazone groups is 1. The van der Waals surface area contributed by atoms with Crippen molar-refractivity contribution in [3.05, 3.63) is 22.5 Å². The number of allylic oxidation sites excluding steroid dienone is 2. The van der Waals surface area contributed by atoms with Crippen LogP contribution in [0, 0.1) is 5.92 Å². The molecule has 0 radical (unpaired) electrons. The maximum Gasteiger partial charge on any atom is 0.404 e. The summed E-state index contributed by atoms with van der Waals surface area (Å²) in [5.74, 6) is -3.01. The van der Waals surface area contributed by atoms with E-state index in [2.05, 4.69) is 26.5 Å². The fraction of sp³-hybridized carbons (Fsp3) is 0.618. The number of ether oxygens (including phenoxy) is 2. The van der Waals surface area contributed by atoms with Gasteiger partial charge >= 0.3 is 12.1 Å². The zero-order valence-corrected chi connectivity index (χ0v) is 34.1. The fourth-order valence-electron chi connectivity index (χ4n) is 7.25. The third-order valence-corrected chi connectivity index (χ3v) is 13.9. The van der Waals surface area contributed by atoms with Gasteiger partial charge in [0.15, 0.2) is 5.72 Å². The van der Waals surface area contributed by atoms with Crippen LogP contribution in [0.4, 0.5) is 4.79 Å². The van der Waals surface area contributed by atoms with Crippen LogP contribution in [0.25, 0.3) is 0 Å². The van der Waals surface area contributed by atoms with E-state index in [9.17, 15) is 38.4 Å². The molecule has 4 aliphatic heterocycles. The third kappa shape index (κ3) is 9.76. The first-order chi connectivity index (χ1) is 27.1. The van der Waals surface area contributed by atoms with Crippen LogP contribution in [0.5, 0.6) is 0 Å². The summed E-state index contributed by atoms with van der Waals surface area (Å²) in [6, 6.07) is -1.19. The molecule has 9 N–H and O–H groups in total. The normalized spacial score (nSPS) is 25.7. The van der Waals surface area contributed by atoms with Crippen LogP contribution in [-0.2, 0) is 43.0 Å². The minimum Gasteiger partial charge on any atom is -0.480 e. The van der Waals surface area contributed by atoms with Crippen molar-refractivity contribution >= 4 is 86.3 Å². The van der Waals surface area contributed by atoms with Crippen LogP contribution in [-0.4, -0.2) is 154 Å². The number of imide groups is 1. The Kier molecular flexibility index (Phi) is 14.7. The summed E-state index contributed by atoms with van der Waals surface area (Å²) in [5.41, 5.74) is 13.6. The second kappa shape index (κ2) is 19.1. The molecular weight excluding hydrogens is 807 g/mol. The smallest absolute Gasteiger partial charge is 0.404 e. The van der Waals surface area contributed by atoms with E-state index in [1.807, 2.05) is 4.90 Å². The number of nitrogens with one attached hydrogen (secondary N) is 4. The highest BCUT2D eigenvalue weighted by molar-refractivity contribution is 8.76. The average Bonchev–Trinajstić information content (AvgIpc) is 3.69. The molecule has 5 aliphatic rings. The Hall–Kier alpha value is -4.16. The highest BCUT2D eigenvalue weighted by Gasteiger charge is 2.72. The van der Waals surface area contributed by atoms with Crippen LogP contribution < -0.4 is 32.8 Å². The van der Waals surface area contributed by atoms with Crippen molar-refractivity contribution in [1.82, 2.24) is 31.2 Å². The second-order valence-corrected chi connectivity index (χ2v) is 17.8. The van der Waals surface area contributed by atoms with Crippen molar-refractivity contribution in [1.29, 1.82) is 0 Å².